The Kier molecular flexibility index (Phi) is 4.08. The molecule has 0 radical (unpaired) electrons. The van der Waals surface area contributed by atoms with E-state index in [4.69, 9.17) is 4.42 Å². The third kappa shape index (κ3) is 3.09. The van der Waals surface area contributed by atoms with Gasteiger partial charge in [-0.3, -0.25) is 4.57 Å². The van der Waals surface area contributed by atoms with Crippen molar-refractivity contribution in [2.45, 2.75) is 52.6 Å². The van der Waals surface area contributed by atoms with Crippen molar-refractivity contribution in [1.82, 2.24) is 14.9 Å². The molecule has 2 aromatic rings. The predicted octanol–water partition coefficient (Wildman–Crippen LogP) is 2.79. The molecule has 22 heavy (non-hydrogen) atoms. The van der Waals surface area contributed by atoms with Crippen LogP contribution in [0.25, 0.3) is 11.2 Å². The Bertz CT molecular complexity index is 701. The van der Waals surface area contributed by atoms with E-state index >= 15 is 0 Å². The summed E-state index contributed by atoms with van der Waals surface area (Å²) in [6, 6.07) is 4.09. The summed E-state index contributed by atoms with van der Waals surface area (Å²) in [5, 5.41) is 3.61. The molecule has 2 heterocycles. The monoisotopic (exact) mass is 303 g/mol. The molecule has 2 aromatic heterocycles. The lowest BCUT2D eigenvalue weighted by molar-refractivity contribution is 0.148. The van der Waals surface area contributed by atoms with E-state index in [2.05, 4.69) is 31.1 Å². The van der Waals surface area contributed by atoms with E-state index in [1.54, 1.807) is 22.9 Å². The summed E-state index contributed by atoms with van der Waals surface area (Å²) in [7, 11) is 0. The van der Waals surface area contributed by atoms with Crippen molar-refractivity contribution < 1.29 is 4.42 Å². The Morgan fingerprint density at radius 2 is 2.32 bits per heavy atom. The summed E-state index contributed by atoms with van der Waals surface area (Å²) in [5.74, 6) is 0.341. The fourth-order valence-electron chi connectivity index (χ4n) is 3.71. The number of fused-ring (bicyclic) bond motifs is 1. The van der Waals surface area contributed by atoms with Crippen LogP contribution in [0.1, 0.15) is 40.0 Å². The van der Waals surface area contributed by atoms with Crippen molar-refractivity contribution >= 4 is 11.2 Å². The van der Waals surface area contributed by atoms with Gasteiger partial charge in [-0.05, 0) is 42.7 Å². The first-order valence-corrected chi connectivity index (χ1v) is 8.14. The minimum Gasteiger partial charge on any atom is -0.406 e. The van der Waals surface area contributed by atoms with E-state index in [-0.39, 0.29) is 5.76 Å². The molecule has 1 saturated carbocycles. The van der Waals surface area contributed by atoms with Crippen LogP contribution in [0.4, 0.5) is 0 Å². The molecule has 0 bridgehead atoms. The molecule has 3 rings (SSSR count). The van der Waals surface area contributed by atoms with Crippen molar-refractivity contribution in [3.8, 4) is 0 Å². The first kappa shape index (κ1) is 15.3. The molecule has 0 spiro atoms. The quantitative estimate of drug-likeness (QED) is 0.943. The third-order valence-corrected chi connectivity index (χ3v) is 4.86. The number of hydrogen-bond acceptors (Lipinski definition) is 4. The van der Waals surface area contributed by atoms with Crippen LogP contribution in [0.15, 0.2) is 27.5 Å². The molecular weight excluding hydrogens is 278 g/mol. The van der Waals surface area contributed by atoms with Gasteiger partial charge in [0.2, 0.25) is 0 Å². The lowest BCUT2D eigenvalue weighted by Crippen LogP contribution is -2.43. The highest BCUT2D eigenvalue weighted by atomic mass is 16.4. The summed E-state index contributed by atoms with van der Waals surface area (Å²) >= 11 is 0. The second kappa shape index (κ2) is 5.88. The maximum atomic E-state index is 11.9. The maximum absolute atomic E-state index is 11.9. The number of hydrogen-bond donors (Lipinski definition) is 1. The molecule has 5 heteroatoms. The number of nitrogens with zero attached hydrogens (tertiary/aromatic N) is 2. The highest BCUT2D eigenvalue weighted by molar-refractivity contribution is 5.67. The van der Waals surface area contributed by atoms with Crippen LogP contribution in [0.5, 0.6) is 0 Å². The maximum Gasteiger partial charge on any atom is 0.421 e. The van der Waals surface area contributed by atoms with Gasteiger partial charge in [-0.25, -0.2) is 9.78 Å². The van der Waals surface area contributed by atoms with Gasteiger partial charge in [-0.1, -0.05) is 20.8 Å². The van der Waals surface area contributed by atoms with Crippen molar-refractivity contribution in [1.29, 1.82) is 0 Å². The van der Waals surface area contributed by atoms with Gasteiger partial charge < -0.3 is 9.73 Å². The average Bonchev–Trinajstić information content (AvgIpc) is 2.77. The lowest BCUT2D eigenvalue weighted by atomic mass is 9.70. The largest absolute Gasteiger partial charge is 0.421 e. The molecule has 1 N–H and O–H groups in total. The smallest absolute Gasteiger partial charge is 0.406 e. The number of nitrogens with one attached hydrogen (secondary N) is 1. The molecule has 1 aliphatic carbocycles. The standard InChI is InChI=1S/C17H25N3O2/c1-12-11-17(2,3)7-6-13(12)18-9-10-20-15-14(22-16(20)21)5-4-8-19-15/h4-5,8,12-13,18H,6-7,9-11H2,1-3H3/t12-,13-/m0/s1. The molecule has 0 saturated heterocycles. The Morgan fingerprint density at radius 3 is 3.09 bits per heavy atom. The third-order valence-electron chi connectivity index (χ3n) is 4.86. The minimum atomic E-state index is -0.326. The molecule has 0 aliphatic heterocycles. The van der Waals surface area contributed by atoms with Gasteiger partial charge in [0.05, 0.1) is 0 Å². The summed E-state index contributed by atoms with van der Waals surface area (Å²) in [6.07, 6.45) is 5.39. The Labute approximate surface area is 130 Å². The first-order valence-electron chi connectivity index (χ1n) is 8.14. The van der Waals surface area contributed by atoms with Gasteiger partial charge in [0, 0.05) is 25.3 Å². The summed E-state index contributed by atoms with van der Waals surface area (Å²) in [5.41, 5.74) is 1.64. The van der Waals surface area contributed by atoms with Gasteiger partial charge >= 0.3 is 5.76 Å². The minimum absolute atomic E-state index is 0.326. The fourth-order valence-corrected chi connectivity index (χ4v) is 3.71. The van der Waals surface area contributed by atoms with Crippen LogP contribution in [0.3, 0.4) is 0 Å². The van der Waals surface area contributed by atoms with E-state index in [0.29, 0.717) is 35.1 Å². The predicted molar refractivity (Wildman–Crippen MR) is 86.9 cm³/mol. The Hall–Kier alpha value is -1.62. The van der Waals surface area contributed by atoms with Gasteiger partial charge in [-0.2, -0.15) is 0 Å². The second-order valence-electron chi connectivity index (χ2n) is 7.29. The highest BCUT2D eigenvalue weighted by Gasteiger charge is 2.31. The Morgan fingerprint density at radius 1 is 1.50 bits per heavy atom. The van der Waals surface area contributed by atoms with Crippen LogP contribution in [0.2, 0.25) is 0 Å². The van der Waals surface area contributed by atoms with Crippen LogP contribution >= 0.6 is 0 Å². The Balaban J connectivity index is 1.61. The van der Waals surface area contributed by atoms with Crippen molar-refractivity contribution in [3.05, 3.63) is 28.9 Å². The highest BCUT2D eigenvalue weighted by Crippen LogP contribution is 2.38. The SMILES string of the molecule is C[C@H]1CC(C)(C)CC[C@@H]1NCCn1c(=O)oc2cccnc21. The average molecular weight is 303 g/mol. The molecule has 0 amide bonds. The molecular formula is C17H25N3O2. The number of rotatable bonds is 4. The second-order valence-corrected chi connectivity index (χ2v) is 7.29. The van der Waals surface area contributed by atoms with Gasteiger partial charge in [0.1, 0.15) is 0 Å². The first-order chi connectivity index (χ1) is 10.5. The van der Waals surface area contributed by atoms with Crippen LogP contribution in [0, 0.1) is 11.3 Å². The summed E-state index contributed by atoms with van der Waals surface area (Å²) < 4.78 is 6.82. The van der Waals surface area contributed by atoms with Crippen molar-refractivity contribution in [2.24, 2.45) is 11.3 Å². The molecule has 1 fully saturated rings. The van der Waals surface area contributed by atoms with E-state index in [1.165, 1.54) is 19.3 Å². The van der Waals surface area contributed by atoms with Crippen LogP contribution in [-0.2, 0) is 6.54 Å². The van der Waals surface area contributed by atoms with E-state index in [9.17, 15) is 4.79 Å². The molecule has 1 aliphatic rings. The summed E-state index contributed by atoms with van der Waals surface area (Å²) in [6.45, 7) is 8.38. The zero-order valence-corrected chi connectivity index (χ0v) is 13.6. The van der Waals surface area contributed by atoms with E-state index in [1.807, 2.05) is 0 Å². The van der Waals surface area contributed by atoms with Gasteiger partial charge in [-0.15, -0.1) is 0 Å². The lowest BCUT2D eigenvalue weighted by Gasteiger charge is -2.39. The number of aromatic nitrogens is 2. The topological polar surface area (TPSA) is 60.1 Å². The number of oxazole rings is 1. The van der Waals surface area contributed by atoms with Crippen LogP contribution < -0.4 is 11.1 Å². The van der Waals surface area contributed by atoms with E-state index < -0.39 is 0 Å². The zero-order chi connectivity index (χ0) is 15.7. The van der Waals surface area contributed by atoms with E-state index in [0.717, 1.165) is 6.54 Å². The normalized spacial score (nSPS) is 24.7. The van der Waals surface area contributed by atoms with Crippen molar-refractivity contribution in [3.63, 3.8) is 0 Å². The molecule has 2 atom stereocenters. The molecule has 0 aromatic carbocycles. The van der Waals surface area contributed by atoms with Gasteiger partial charge in [0.15, 0.2) is 11.2 Å². The zero-order valence-electron chi connectivity index (χ0n) is 13.6. The summed E-state index contributed by atoms with van der Waals surface area (Å²) in [4.78, 5) is 16.1. The number of pyridine rings is 1. The molecule has 5 nitrogen and oxygen atoms in total. The van der Waals surface area contributed by atoms with Crippen LogP contribution in [-0.4, -0.2) is 22.1 Å². The molecule has 120 valence electrons. The fraction of sp³-hybridized carbons (Fsp3) is 0.647. The molecule has 0 unspecified atom stereocenters. The van der Waals surface area contributed by atoms with Gasteiger partial charge in [0.25, 0.3) is 0 Å². The van der Waals surface area contributed by atoms with Crippen molar-refractivity contribution in [2.75, 3.05) is 6.54 Å².